The molecular weight excluding hydrogens is 518 g/mol. The van der Waals surface area contributed by atoms with Crippen LogP contribution in [0.3, 0.4) is 0 Å². The molecule has 0 atom stereocenters. The third-order valence-electron chi connectivity index (χ3n) is 4.13. The fraction of sp³-hybridized carbons (Fsp3) is 0.0870. The summed E-state index contributed by atoms with van der Waals surface area (Å²) in [7, 11) is 1.56. The molecular formula is C23H16Br2ClNO2. The first kappa shape index (κ1) is 21.4. The molecule has 146 valence electrons. The molecule has 0 bridgehead atoms. The van der Waals surface area contributed by atoms with E-state index in [2.05, 4.69) is 37.9 Å². The number of benzene rings is 3. The van der Waals surface area contributed by atoms with Gasteiger partial charge >= 0.3 is 0 Å². The smallest absolute Gasteiger partial charge is 0.180 e. The number of hydrogen-bond acceptors (Lipinski definition) is 3. The molecule has 0 aliphatic carbocycles. The minimum atomic E-state index is 0.362. The van der Waals surface area contributed by atoms with Gasteiger partial charge in [0.2, 0.25) is 0 Å². The molecule has 0 N–H and O–H groups in total. The molecule has 6 heteroatoms. The number of halogens is 3. The second-order valence-electron chi connectivity index (χ2n) is 6.13. The van der Waals surface area contributed by atoms with Crippen LogP contribution in [0.2, 0.25) is 5.02 Å². The summed E-state index contributed by atoms with van der Waals surface area (Å²) in [6.45, 7) is 0.362. The van der Waals surface area contributed by atoms with E-state index in [9.17, 15) is 5.26 Å². The topological polar surface area (TPSA) is 42.2 Å². The van der Waals surface area contributed by atoms with E-state index in [1.54, 1.807) is 25.3 Å². The Balaban J connectivity index is 1.88. The second-order valence-corrected chi connectivity index (χ2v) is 8.36. The molecule has 3 aromatic rings. The van der Waals surface area contributed by atoms with Gasteiger partial charge in [-0.05, 0) is 59.2 Å². The summed E-state index contributed by atoms with van der Waals surface area (Å²) in [6.07, 6.45) is 1.77. The fourth-order valence-corrected chi connectivity index (χ4v) is 3.48. The van der Waals surface area contributed by atoms with E-state index in [1.807, 2.05) is 48.5 Å². The Bertz CT molecular complexity index is 1070. The van der Waals surface area contributed by atoms with Crippen molar-refractivity contribution in [3.05, 3.63) is 91.3 Å². The van der Waals surface area contributed by atoms with Crippen LogP contribution in [0.5, 0.6) is 11.5 Å². The summed E-state index contributed by atoms with van der Waals surface area (Å²) in [5.74, 6) is 0.977. The van der Waals surface area contributed by atoms with Crippen molar-refractivity contribution in [1.82, 2.24) is 0 Å². The molecule has 3 aromatic carbocycles. The number of nitrogens with zero attached hydrogens (tertiary/aromatic N) is 1. The number of rotatable bonds is 6. The lowest BCUT2D eigenvalue weighted by atomic mass is 10.0. The summed E-state index contributed by atoms with van der Waals surface area (Å²) in [6, 6.07) is 21.2. The van der Waals surface area contributed by atoms with Crippen LogP contribution in [-0.4, -0.2) is 7.11 Å². The van der Waals surface area contributed by atoms with Crippen LogP contribution in [-0.2, 0) is 6.61 Å². The number of ether oxygens (including phenoxy) is 2. The van der Waals surface area contributed by atoms with Gasteiger partial charge < -0.3 is 9.47 Å². The molecule has 3 nitrogen and oxygen atoms in total. The molecule has 0 fully saturated rings. The molecule has 0 heterocycles. The van der Waals surface area contributed by atoms with Gasteiger partial charge in [-0.25, -0.2) is 0 Å². The summed E-state index contributed by atoms with van der Waals surface area (Å²) < 4.78 is 13.3. The molecule has 0 saturated carbocycles. The summed E-state index contributed by atoms with van der Waals surface area (Å²) in [5.41, 5.74) is 3.11. The van der Waals surface area contributed by atoms with Crippen LogP contribution in [0.15, 0.2) is 69.6 Å². The van der Waals surface area contributed by atoms with E-state index in [0.717, 1.165) is 25.6 Å². The first-order valence-electron chi connectivity index (χ1n) is 8.62. The average molecular weight is 534 g/mol. The third-order valence-corrected chi connectivity index (χ3v) is 5.47. The van der Waals surface area contributed by atoms with Crippen molar-refractivity contribution in [2.75, 3.05) is 7.11 Å². The normalized spacial score (nSPS) is 11.1. The maximum atomic E-state index is 9.57. The predicted molar refractivity (Wildman–Crippen MR) is 124 cm³/mol. The van der Waals surface area contributed by atoms with Crippen molar-refractivity contribution in [3.63, 3.8) is 0 Å². The van der Waals surface area contributed by atoms with Crippen LogP contribution in [0.1, 0.15) is 16.7 Å². The Labute approximate surface area is 191 Å². The van der Waals surface area contributed by atoms with Gasteiger partial charge in [0.25, 0.3) is 0 Å². The van der Waals surface area contributed by atoms with Crippen LogP contribution < -0.4 is 9.47 Å². The zero-order valence-corrected chi connectivity index (χ0v) is 19.4. The van der Waals surface area contributed by atoms with E-state index >= 15 is 0 Å². The number of allylic oxidation sites excluding steroid dienone is 1. The van der Waals surface area contributed by atoms with Gasteiger partial charge in [-0.1, -0.05) is 67.7 Å². The molecule has 3 rings (SSSR count). The number of hydrogen-bond donors (Lipinski definition) is 0. The van der Waals surface area contributed by atoms with Gasteiger partial charge in [0.15, 0.2) is 11.5 Å². The minimum absolute atomic E-state index is 0.362. The second kappa shape index (κ2) is 9.98. The Morgan fingerprint density at radius 3 is 2.24 bits per heavy atom. The molecule has 0 aromatic heterocycles. The first-order chi connectivity index (χ1) is 14.0. The van der Waals surface area contributed by atoms with Crippen LogP contribution in [0.4, 0.5) is 0 Å². The monoisotopic (exact) mass is 531 g/mol. The van der Waals surface area contributed by atoms with Crippen molar-refractivity contribution in [2.24, 2.45) is 0 Å². The number of methoxy groups -OCH3 is 1. The molecule has 0 spiro atoms. The maximum Gasteiger partial charge on any atom is 0.180 e. The highest BCUT2D eigenvalue weighted by atomic mass is 79.9. The Morgan fingerprint density at radius 1 is 1.03 bits per heavy atom. The lowest BCUT2D eigenvalue weighted by molar-refractivity contribution is 0.284. The van der Waals surface area contributed by atoms with E-state index in [0.29, 0.717) is 28.7 Å². The van der Waals surface area contributed by atoms with E-state index in [1.165, 1.54) is 0 Å². The standard InChI is InChI=1S/C23H16Br2ClNO2/c1-28-22-12-16(10-18(13-27)17-4-8-20(25)9-5-17)11-21(26)23(22)29-14-15-2-6-19(24)7-3-15/h2-12H,14H2,1H3/b18-10+. The quantitative estimate of drug-likeness (QED) is 0.243. The zero-order chi connectivity index (χ0) is 20.8. The molecule has 29 heavy (non-hydrogen) atoms. The third kappa shape index (κ3) is 5.63. The largest absolute Gasteiger partial charge is 0.493 e. The van der Waals surface area contributed by atoms with Crippen LogP contribution >= 0.6 is 43.5 Å². The van der Waals surface area contributed by atoms with E-state index in [-0.39, 0.29) is 0 Å². The predicted octanol–water partition coefficient (Wildman–Crippen LogP) is 7.52. The van der Waals surface area contributed by atoms with Gasteiger partial charge in [0, 0.05) is 8.95 Å². The summed E-state index contributed by atoms with van der Waals surface area (Å²) in [4.78, 5) is 0. The van der Waals surface area contributed by atoms with Crippen molar-refractivity contribution < 1.29 is 9.47 Å². The highest BCUT2D eigenvalue weighted by Crippen LogP contribution is 2.38. The highest BCUT2D eigenvalue weighted by Gasteiger charge is 2.13. The highest BCUT2D eigenvalue weighted by molar-refractivity contribution is 9.10. The molecule has 0 amide bonds. The summed E-state index contributed by atoms with van der Waals surface area (Å²) >= 11 is 13.3. The molecule has 0 saturated heterocycles. The van der Waals surface area contributed by atoms with Crippen molar-refractivity contribution in [3.8, 4) is 17.6 Å². The number of nitriles is 1. The van der Waals surface area contributed by atoms with Gasteiger partial charge in [-0.2, -0.15) is 5.26 Å². The summed E-state index contributed by atoms with van der Waals surface area (Å²) in [5, 5.41) is 9.99. The van der Waals surface area contributed by atoms with Gasteiger partial charge in [-0.15, -0.1) is 0 Å². The van der Waals surface area contributed by atoms with E-state index in [4.69, 9.17) is 21.1 Å². The van der Waals surface area contributed by atoms with Crippen LogP contribution in [0, 0.1) is 11.3 Å². The first-order valence-corrected chi connectivity index (χ1v) is 10.6. The molecule has 0 aliphatic rings. The fourth-order valence-electron chi connectivity index (χ4n) is 2.68. The van der Waals surface area contributed by atoms with Crippen molar-refractivity contribution in [2.45, 2.75) is 6.61 Å². The van der Waals surface area contributed by atoms with Gasteiger partial charge in [0.05, 0.1) is 23.8 Å². The van der Waals surface area contributed by atoms with Crippen molar-refractivity contribution in [1.29, 1.82) is 5.26 Å². The Hall–Kier alpha value is -2.26. The lowest BCUT2D eigenvalue weighted by Gasteiger charge is -2.14. The molecule has 0 unspecified atom stereocenters. The average Bonchev–Trinajstić information content (AvgIpc) is 2.72. The Kier molecular flexibility index (Phi) is 7.38. The Morgan fingerprint density at radius 2 is 1.66 bits per heavy atom. The van der Waals surface area contributed by atoms with Gasteiger partial charge in [-0.3, -0.25) is 0 Å². The SMILES string of the molecule is COc1cc(/C=C(\C#N)c2ccc(Br)cc2)cc(Cl)c1OCc1ccc(Br)cc1. The lowest BCUT2D eigenvalue weighted by Crippen LogP contribution is -1.99. The maximum absolute atomic E-state index is 9.57. The minimum Gasteiger partial charge on any atom is -0.493 e. The van der Waals surface area contributed by atoms with Crippen LogP contribution in [0.25, 0.3) is 11.6 Å². The molecule has 0 radical (unpaired) electrons. The van der Waals surface area contributed by atoms with E-state index < -0.39 is 0 Å². The van der Waals surface area contributed by atoms with Crippen molar-refractivity contribution >= 4 is 55.1 Å². The zero-order valence-electron chi connectivity index (χ0n) is 15.5. The molecule has 0 aliphatic heterocycles. The van der Waals surface area contributed by atoms with Gasteiger partial charge in [0.1, 0.15) is 6.61 Å².